The van der Waals surface area contributed by atoms with Crippen molar-refractivity contribution in [3.05, 3.63) is 35.9 Å². The van der Waals surface area contributed by atoms with Crippen LogP contribution < -0.4 is 0 Å². The van der Waals surface area contributed by atoms with Gasteiger partial charge in [-0.1, -0.05) is 30.3 Å². The molecule has 1 aromatic carbocycles. The van der Waals surface area contributed by atoms with Crippen LogP contribution in [-0.2, 0) is 25.6 Å². The predicted molar refractivity (Wildman–Crippen MR) is 92.9 cm³/mol. The standard InChI is InChI=1S/C20H28O5/c21-11-4-12-24-20(22)10-7-16-17(19-9-8-18(16)25-19)14-23-13-15-5-2-1-3-6-15/h1-3,5-6,16-19,21H,4,7-14H2/t16-,17+,18-,19+/m1/s1. The van der Waals surface area contributed by atoms with Gasteiger partial charge in [0.15, 0.2) is 0 Å². The minimum atomic E-state index is -0.180. The summed E-state index contributed by atoms with van der Waals surface area (Å²) < 4.78 is 17.1. The minimum absolute atomic E-state index is 0.0499. The van der Waals surface area contributed by atoms with Gasteiger partial charge in [-0.2, -0.15) is 0 Å². The molecule has 5 nitrogen and oxygen atoms in total. The number of carbonyl (C=O) groups excluding carboxylic acids is 1. The lowest BCUT2D eigenvalue weighted by Gasteiger charge is -2.27. The van der Waals surface area contributed by atoms with Crippen molar-refractivity contribution < 1.29 is 24.1 Å². The number of ether oxygens (including phenoxy) is 3. The van der Waals surface area contributed by atoms with Gasteiger partial charge in [-0.15, -0.1) is 0 Å². The maximum Gasteiger partial charge on any atom is 0.305 e. The van der Waals surface area contributed by atoms with E-state index in [4.69, 9.17) is 19.3 Å². The molecule has 2 bridgehead atoms. The Bertz CT molecular complexity index is 532. The molecule has 0 aromatic heterocycles. The van der Waals surface area contributed by atoms with Crippen molar-refractivity contribution in [3.8, 4) is 0 Å². The van der Waals surface area contributed by atoms with E-state index in [0.29, 0.717) is 44.5 Å². The molecule has 4 atom stereocenters. The highest BCUT2D eigenvalue weighted by atomic mass is 16.5. The second-order valence-electron chi connectivity index (χ2n) is 6.96. The van der Waals surface area contributed by atoms with Gasteiger partial charge in [0.2, 0.25) is 0 Å². The highest BCUT2D eigenvalue weighted by Gasteiger charge is 2.48. The van der Waals surface area contributed by atoms with E-state index in [1.807, 2.05) is 18.2 Å². The highest BCUT2D eigenvalue weighted by molar-refractivity contribution is 5.69. The van der Waals surface area contributed by atoms with Crippen molar-refractivity contribution in [3.63, 3.8) is 0 Å². The van der Waals surface area contributed by atoms with Crippen LogP contribution in [0.15, 0.2) is 30.3 Å². The summed E-state index contributed by atoms with van der Waals surface area (Å²) in [5.41, 5.74) is 1.18. The maximum atomic E-state index is 11.8. The van der Waals surface area contributed by atoms with Gasteiger partial charge in [0, 0.05) is 25.4 Å². The van der Waals surface area contributed by atoms with Gasteiger partial charge in [-0.05, 0) is 30.7 Å². The third-order valence-corrected chi connectivity index (χ3v) is 5.26. The first-order valence-corrected chi connectivity index (χ1v) is 9.31. The number of benzene rings is 1. The number of esters is 1. The first-order valence-electron chi connectivity index (χ1n) is 9.31. The quantitative estimate of drug-likeness (QED) is 0.520. The summed E-state index contributed by atoms with van der Waals surface area (Å²) in [4.78, 5) is 11.8. The van der Waals surface area contributed by atoms with Gasteiger partial charge in [0.1, 0.15) is 0 Å². The largest absolute Gasteiger partial charge is 0.466 e. The number of carbonyl (C=O) groups is 1. The molecule has 0 amide bonds. The van der Waals surface area contributed by atoms with Crippen LogP contribution in [0.2, 0.25) is 0 Å². The van der Waals surface area contributed by atoms with Gasteiger partial charge in [0.25, 0.3) is 0 Å². The van der Waals surface area contributed by atoms with Gasteiger partial charge >= 0.3 is 5.97 Å². The summed E-state index contributed by atoms with van der Waals surface area (Å²) in [6, 6.07) is 10.2. The van der Waals surface area contributed by atoms with Crippen LogP contribution >= 0.6 is 0 Å². The summed E-state index contributed by atoms with van der Waals surface area (Å²) in [7, 11) is 0. The van der Waals surface area contributed by atoms with Crippen molar-refractivity contribution in [1.29, 1.82) is 0 Å². The maximum absolute atomic E-state index is 11.8. The molecular formula is C20H28O5. The Hall–Kier alpha value is -1.43. The van der Waals surface area contributed by atoms with Gasteiger partial charge in [0.05, 0.1) is 32.0 Å². The van der Waals surface area contributed by atoms with E-state index in [9.17, 15) is 4.79 Å². The SMILES string of the molecule is O=C(CC[C@@H]1[C@H](COCc2ccccc2)[C@@H]2CC[C@H]1O2)OCCCO. The molecule has 2 aliphatic rings. The van der Waals surface area contributed by atoms with E-state index in [0.717, 1.165) is 19.3 Å². The van der Waals surface area contributed by atoms with Crippen LogP contribution in [-0.4, -0.2) is 43.1 Å². The molecule has 2 heterocycles. The summed E-state index contributed by atoms with van der Waals surface area (Å²) in [5, 5.41) is 8.73. The fourth-order valence-corrected chi connectivity index (χ4v) is 4.00. The molecule has 0 aliphatic carbocycles. The van der Waals surface area contributed by atoms with Crippen LogP contribution in [0.5, 0.6) is 0 Å². The third kappa shape index (κ3) is 5.03. The molecule has 5 heteroatoms. The fourth-order valence-electron chi connectivity index (χ4n) is 4.00. The van der Waals surface area contributed by atoms with Crippen LogP contribution in [0.1, 0.15) is 37.7 Å². The fraction of sp³-hybridized carbons (Fsp3) is 0.650. The minimum Gasteiger partial charge on any atom is -0.466 e. The predicted octanol–water partition coefficient (Wildman–Crippen LogP) is 2.70. The van der Waals surface area contributed by atoms with E-state index < -0.39 is 0 Å². The zero-order valence-electron chi connectivity index (χ0n) is 14.6. The average molecular weight is 348 g/mol. The van der Waals surface area contributed by atoms with E-state index in [1.165, 1.54) is 5.56 Å². The lowest BCUT2D eigenvalue weighted by Crippen LogP contribution is -2.31. The lowest BCUT2D eigenvalue weighted by atomic mass is 9.77. The van der Waals surface area contributed by atoms with Crippen molar-refractivity contribution in [2.75, 3.05) is 19.8 Å². The van der Waals surface area contributed by atoms with Crippen molar-refractivity contribution in [2.45, 2.75) is 50.9 Å². The monoisotopic (exact) mass is 348 g/mol. The first-order chi connectivity index (χ1) is 12.3. The van der Waals surface area contributed by atoms with Crippen LogP contribution in [0, 0.1) is 11.8 Å². The Kier molecular flexibility index (Phi) is 6.84. The third-order valence-electron chi connectivity index (χ3n) is 5.26. The number of hydrogen-bond acceptors (Lipinski definition) is 5. The Labute approximate surface area is 149 Å². The zero-order valence-corrected chi connectivity index (χ0v) is 14.6. The summed E-state index contributed by atoms with van der Waals surface area (Å²) in [6.07, 6.45) is 4.43. The molecule has 2 fully saturated rings. The zero-order chi connectivity index (χ0) is 17.5. The molecule has 0 radical (unpaired) electrons. The molecule has 1 N–H and O–H groups in total. The number of hydrogen-bond donors (Lipinski definition) is 1. The summed E-state index contributed by atoms with van der Waals surface area (Å²) in [6.45, 7) is 1.64. The second kappa shape index (κ2) is 9.32. The Morgan fingerprint density at radius 2 is 1.92 bits per heavy atom. The normalized spacial score (nSPS) is 27.6. The summed E-state index contributed by atoms with van der Waals surface area (Å²) >= 11 is 0. The topological polar surface area (TPSA) is 65.0 Å². The lowest BCUT2D eigenvalue weighted by molar-refractivity contribution is -0.144. The number of fused-ring (bicyclic) bond motifs is 2. The van der Waals surface area contributed by atoms with Crippen molar-refractivity contribution in [2.24, 2.45) is 11.8 Å². The molecule has 3 rings (SSSR count). The van der Waals surface area contributed by atoms with E-state index in [1.54, 1.807) is 0 Å². The molecular weight excluding hydrogens is 320 g/mol. The Balaban J connectivity index is 1.44. The molecule has 0 saturated carbocycles. The second-order valence-corrected chi connectivity index (χ2v) is 6.96. The van der Waals surface area contributed by atoms with Gasteiger partial charge in [-0.3, -0.25) is 4.79 Å². The molecule has 2 saturated heterocycles. The van der Waals surface area contributed by atoms with Crippen molar-refractivity contribution in [1.82, 2.24) is 0 Å². The van der Waals surface area contributed by atoms with Gasteiger partial charge in [-0.25, -0.2) is 0 Å². The molecule has 138 valence electrons. The molecule has 2 aliphatic heterocycles. The Morgan fingerprint density at radius 3 is 2.68 bits per heavy atom. The Morgan fingerprint density at radius 1 is 1.16 bits per heavy atom. The molecule has 0 unspecified atom stereocenters. The highest BCUT2D eigenvalue weighted by Crippen LogP contribution is 2.45. The first kappa shape index (κ1) is 18.4. The number of aliphatic hydroxyl groups is 1. The summed E-state index contributed by atoms with van der Waals surface area (Å²) in [5.74, 6) is 0.563. The van der Waals surface area contributed by atoms with Crippen molar-refractivity contribution >= 4 is 5.97 Å². The van der Waals surface area contributed by atoms with Crippen LogP contribution in [0.4, 0.5) is 0 Å². The molecule has 0 spiro atoms. The average Bonchev–Trinajstić information content (AvgIpc) is 3.23. The smallest absolute Gasteiger partial charge is 0.305 e. The molecule has 25 heavy (non-hydrogen) atoms. The van der Waals surface area contributed by atoms with E-state index in [2.05, 4.69) is 12.1 Å². The van der Waals surface area contributed by atoms with Gasteiger partial charge < -0.3 is 19.3 Å². The van der Waals surface area contributed by atoms with E-state index >= 15 is 0 Å². The van der Waals surface area contributed by atoms with E-state index in [-0.39, 0.29) is 24.8 Å². The van der Waals surface area contributed by atoms with Crippen LogP contribution in [0.3, 0.4) is 0 Å². The van der Waals surface area contributed by atoms with Crippen LogP contribution in [0.25, 0.3) is 0 Å². The molecule has 1 aromatic rings. The number of aliphatic hydroxyl groups excluding tert-OH is 1. The number of rotatable bonds is 10.